The molecule has 328 valence electrons. The number of carbonyl (C=O) groups is 6. The molecule has 2 heterocycles. The minimum atomic E-state index is -0.887. The zero-order valence-corrected chi connectivity index (χ0v) is 36.2. The van der Waals surface area contributed by atoms with Crippen molar-refractivity contribution in [1.82, 2.24) is 0 Å². The average molecular weight is 811 g/mol. The largest absolute Gasteiger partial charge is 0.462 e. The molecule has 2 N–H and O–H groups in total. The Labute approximate surface area is 341 Å². The van der Waals surface area contributed by atoms with Crippen molar-refractivity contribution in [2.45, 2.75) is 195 Å². The van der Waals surface area contributed by atoms with Crippen LogP contribution in [-0.2, 0) is 52.5 Å². The number of Topliss-reactive ketones (excluding diaryl/α,β-unsaturated/α-hetero) is 4. The van der Waals surface area contributed by atoms with Gasteiger partial charge >= 0.3 is 11.9 Å². The molecular weight excluding hydrogens is 736 g/mol. The van der Waals surface area contributed by atoms with Gasteiger partial charge in [0.2, 0.25) is 0 Å². The molecule has 0 spiro atoms. The van der Waals surface area contributed by atoms with E-state index in [2.05, 4.69) is 0 Å². The smallest absolute Gasteiger partial charge is 0.305 e. The van der Waals surface area contributed by atoms with Gasteiger partial charge in [0.05, 0.1) is 37.6 Å². The lowest BCUT2D eigenvalue weighted by atomic mass is 9.71. The first-order chi connectivity index (χ1) is 27.0. The summed E-state index contributed by atoms with van der Waals surface area (Å²) in [5.41, 5.74) is 0. The summed E-state index contributed by atoms with van der Waals surface area (Å²) in [6.45, 7) is 16.9. The zero-order chi connectivity index (χ0) is 42.8. The van der Waals surface area contributed by atoms with Crippen LogP contribution in [0, 0.1) is 35.5 Å². The van der Waals surface area contributed by atoms with E-state index in [1.54, 1.807) is 13.8 Å². The average Bonchev–Trinajstić information content (AvgIpc) is 3.17. The second kappa shape index (κ2) is 25.8. The Balaban J connectivity index is 2.37. The summed E-state index contributed by atoms with van der Waals surface area (Å²) >= 11 is 0. The predicted molar refractivity (Wildman–Crippen MR) is 213 cm³/mol. The van der Waals surface area contributed by atoms with Crippen LogP contribution in [0.15, 0.2) is 0 Å². The van der Waals surface area contributed by atoms with Gasteiger partial charge in [0.15, 0.2) is 6.29 Å². The predicted octanol–water partition coefficient (Wildman–Crippen LogP) is 6.29. The van der Waals surface area contributed by atoms with Crippen molar-refractivity contribution in [3.05, 3.63) is 0 Å². The van der Waals surface area contributed by atoms with Crippen LogP contribution in [0.25, 0.3) is 0 Å². The molecule has 0 aromatic carbocycles. The number of hydrogen-bond donors (Lipinski definition) is 2. The second-order valence-corrected chi connectivity index (χ2v) is 16.5. The Morgan fingerprint density at radius 3 is 1.53 bits per heavy atom. The summed E-state index contributed by atoms with van der Waals surface area (Å²) < 4.78 is 30.4. The second-order valence-electron chi connectivity index (χ2n) is 16.5. The molecule has 2 aliphatic rings. The van der Waals surface area contributed by atoms with Gasteiger partial charge in [-0.05, 0) is 62.2 Å². The number of carbonyl (C=O) groups excluding carboxylic acids is 6. The molecular formula is C44H74O13. The van der Waals surface area contributed by atoms with Crippen molar-refractivity contribution in [1.29, 1.82) is 0 Å². The van der Waals surface area contributed by atoms with E-state index >= 15 is 0 Å². The van der Waals surface area contributed by atoms with Gasteiger partial charge in [-0.15, -0.1) is 0 Å². The van der Waals surface area contributed by atoms with Crippen molar-refractivity contribution in [3.63, 3.8) is 0 Å². The molecule has 13 atom stereocenters. The summed E-state index contributed by atoms with van der Waals surface area (Å²) in [4.78, 5) is 77.6. The van der Waals surface area contributed by atoms with E-state index in [0.717, 1.165) is 0 Å². The fourth-order valence-corrected chi connectivity index (χ4v) is 8.12. The molecule has 13 heteroatoms. The van der Waals surface area contributed by atoms with E-state index in [0.29, 0.717) is 25.7 Å². The van der Waals surface area contributed by atoms with Gasteiger partial charge in [-0.25, -0.2) is 0 Å². The van der Waals surface area contributed by atoms with Crippen LogP contribution in [-0.4, -0.2) is 101 Å². The minimum absolute atomic E-state index is 0.0154. The van der Waals surface area contributed by atoms with Crippen LogP contribution in [0.1, 0.15) is 152 Å². The van der Waals surface area contributed by atoms with Crippen LogP contribution in [0.4, 0.5) is 0 Å². The Kier molecular flexibility index (Phi) is 22.9. The summed E-state index contributed by atoms with van der Waals surface area (Å²) in [7, 11) is 0. The summed E-state index contributed by atoms with van der Waals surface area (Å²) in [6, 6.07) is 0. The maximum absolute atomic E-state index is 13.7. The minimum Gasteiger partial charge on any atom is -0.462 e. The lowest BCUT2D eigenvalue weighted by Crippen LogP contribution is -2.50. The van der Waals surface area contributed by atoms with Gasteiger partial charge in [0.1, 0.15) is 35.3 Å². The number of rotatable bonds is 27. The Hall–Kier alpha value is -2.58. The van der Waals surface area contributed by atoms with E-state index in [1.165, 1.54) is 0 Å². The molecule has 0 bridgehead atoms. The van der Waals surface area contributed by atoms with Crippen LogP contribution >= 0.6 is 0 Å². The normalized spacial score (nSPS) is 28.4. The molecule has 13 unspecified atom stereocenters. The highest BCUT2D eigenvalue weighted by molar-refractivity contribution is 5.82. The van der Waals surface area contributed by atoms with Gasteiger partial charge in [-0.1, -0.05) is 55.4 Å². The third-order valence-electron chi connectivity index (χ3n) is 12.2. The lowest BCUT2D eigenvalue weighted by molar-refractivity contribution is -0.264. The first-order valence-electron chi connectivity index (χ1n) is 21.7. The molecule has 0 saturated carbocycles. The summed E-state index contributed by atoms with van der Waals surface area (Å²) in [6.07, 6.45) is -1.45. The quantitative estimate of drug-likeness (QED) is 0.0883. The van der Waals surface area contributed by atoms with Crippen LogP contribution in [0.2, 0.25) is 0 Å². The van der Waals surface area contributed by atoms with Crippen LogP contribution < -0.4 is 0 Å². The van der Waals surface area contributed by atoms with E-state index < -0.39 is 42.7 Å². The summed E-state index contributed by atoms with van der Waals surface area (Å²) in [5, 5.41) is 20.3. The maximum Gasteiger partial charge on any atom is 0.305 e. The molecule has 0 radical (unpaired) electrons. The SMILES string of the molecule is CCC(=O)OC(CC)CC(=O)CC1C(OCC2OCC(CC(=O)CC(O)CC)C(CC(=O)CC(O)CC)C2C)OC(C)C(C)C1CC(=O)CC(CC)OC(=O)CC. The number of hydrogen-bond acceptors (Lipinski definition) is 13. The van der Waals surface area contributed by atoms with Gasteiger partial charge < -0.3 is 33.9 Å². The van der Waals surface area contributed by atoms with E-state index in [9.17, 15) is 39.0 Å². The highest BCUT2D eigenvalue weighted by Gasteiger charge is 2.46. The topological polar surface area (TPSA) is 189 Å². The fourth-order valence-electron chi connectivity index (χ4n) is 8.12. The first-order valence-corrected chi connectivity index (χ1v) is 21.7. The number of aliphatic hydroxyl groups excluding tert-OH is 2. The monoisotopic (exact) mass is 811 g/mol. The van der Waals surface area contributed by atoms with Gasteiger partial charge in [0, 0.05) is 70.1 Å². The van der Waals surface area contributed by atoms with Gasteiger partial charge in [0.25, 0.3) is 0 Å². The van der Waals surface area contributed by atoms with Crippen LogP contribution in [0.3, 0.4) is 0 Å². The molecule has 2 aliphatic heterocycles. The number of aliphatic hydroxyl groups is 2. The number of ketones is 4. The fraction of sp³-hybridized carbons (Fsp3) is 0.864. The highest BCUT2D eigenvalue weighted by atomic mass is 16.7. The summed E-state index contributed by atoms with van der Waals surface area (Å²) in [5.74, 6) is -2.91. The molecule has 0 aromatic rings. The molecule has 2 rings (SSSR count). The van der Waals surface area contributed by atoms with Crippen molar-refractivity contribution in [3.8, 4) is 0 Å². The third-order valence-corrected chi connectivity index (χ3v) is 12.2. The van der Waals surface area contributed by atoms with E-state index in [-0.39, 0.29) is 148 Å². The maximum atomic E-state index is 13.7. The first kappa shape index (κ1) is 50.6. The zero-order valence-electron chi connectivity index (χ0n) is 36.2. The Bertz CT molecular complexity index is 1280. The standard InChI is InChI=1S/C44H74O13/c1-10-30(45)17-32(47)16-29-24-53-41(27(8)38(29)21-33(48)18-31(46)11-2)25-54-44-40(23-35(50)20-37(13-4)57-43(52)15-6)39(26(7)28(9)55-44)22-34(49)19-36(12-3)56-42(51)14-5/h26-31,36-41,44-46H,10-25H2,1-9H3. The third kappa shape index (κ3) is 16.9. The highest BCUT2D eigenvalue weighted by Crippen LogP contribution is 2.42. The molecule has 0 amide bonds. The Morgan fingerprint density at radius 2 is 1.05 bits per heavy atom. The number of esters is 2. The molecule has 2 saturated heterocycles. The van der Waals surface area contributed by atoms with Gasteiger partial charge in [-0.3, -0.25) is 28.8 Å². The molecule has 0 aromatic heterocycles. The molecule has 57 heavy (non-hydrogen) atoms. The Morgan fingerprint density at radius 1 is 0.596 bits per heavy atom. The molecule has 2 fully saturated rings. The molecule has 0 aliphatic carbocycles. The van der Waals surface area contributed by atoms with Crippen molar-refractivity contribution < 1.29 is 62.7 Å². The van der Waals surface area contributed by atoms with Gasteiger partial charge in [-0.2, -0.15) is 0 Å². The van der Waals surface area contributed by atoms with Crippen molar-refractivity contribution in [2.24, 2.45) is 35.5 Å². The van der Waals surface area contributed by atoms with Crippen molar-refractivity contribution in [2.75, 3.05) is 13.2 Å². The van der Waals surface area contributed by atoms with E-state index in [4.69, 9.17) is 23.7 Å². The van der Waals surface area contributed by atoms with Crippen molar-refractivity contribution >= 4 is 35.1 Å². The van der Waals surface area contributed by atoms with Crippen LogP contribution in [0.5, 0.6) is 0 Å². The molecule has 13 nitrogen and oxygen atoms in total. The lowest BCUT2D eigenvalue weighted by Gasteiger charge is -2.46. The van der Waals surface area contributed by atoms with E-state index in [1.807, 2.05) is 48.5 Å². The number of ether oxygens (including phenoxy) is 5.